The lowest BCUT2D eigenvalue weighted by Gasteiger charge is -2.23. The average molecular weight is 387 g/mol. The van der Waals surface area contributed by atoms with Crippen LogP contribution in [-0.2, 0) is 6.42 Å². The molecule has 3 nitrogen and oxygen atoms in total. The van der Waals surface area contributed by atoms with Crippen LogP contribution in [0.4, 0.5) is 11.4 Å². The van der Waals surface area contributed by atoms with Gasteiger partial charge in [0, 0.05) is 18.3 Å². The first-order valence-corrected chi connectivity index (χ1v) is 10.2. The van der Waals surface area contributed by atoms with Gasteiger partial charge < -0.3 is 10.2 Å². The minimum Gasteiger partial charge on any atom is -0.326 e. The van der Waals surface area contributed by atoms with Gasteiger partial charge in [0.1, 0.15) is 0 Å². The van der Waals surface area contributed by atoms with Crippen LogP contribution in [0, 0.1) is 5.41 Å². The molecule has 0 bridgehead atoms. The number of fused-ring (bicyclic) bond motifs is 3. The number of benzene rings is 4. The Morgan fingerprint density at radius 1 is 0.867 bits per heavy atom. The molecule has 0 unspecified atom stereocenters. The van der Waals surface area contributed by atoms with Gasteiger partial charge in [0.05, 0.1) is 5.69 Å². The average Bonchev–Trinajstić information content (AvgIpc) is 3.36. The molecule has 30 heavy (non-hydrogen) atoms. The Morgan fingerprint density at radius 2 is 1.73 bits per heavy atom. The Hall–Kier alpha value is -3.85. The largest absolute Gasteiger partial charge is 0.326 e. The third kappa shape index (κ3) is 2.49. The van der Waals surface area contributed by atoms with Crippen LogP contribution in [0.5, 0.6) is 0 Å². The van der Waals surface area contributed by atoms with Crippen molar-refractivity contribution in [3.63, 3.8) is 0 Å². The molecule has 0 aromatic heterocycles. The van der Waals surface area contributed by atoms with Gasteiger partial charge in [-0.3, -0.25) is 5.41 Å². The van der Waals surface area contributed by atoms with E-state index < -0.39 is 0 Å². The summed E-state index contributed by atoms with van der Waals surface area (Å²) in [6, 6.07) is 25.6. The van der Waals surface area contributed by atoms with Gasteiger partial charge in [0.25, 0.3) is 0 Å². The summed E-state index contributed by atoms with van der Waals surface area (Å²) in [4.78, 5) is 1.92. The van der Waals surface area contributed by atoms with Gasteiger partial charge in [0.2, 0.25) is 0 Å². The molecule has 0 atom stereocenters. The van der Waals surface area contributed by atoms with E-state index in [-0.39, 0.29) is 0 Å². The maximum Gasteiger partial charge on any atom is 0.199 e. The summed E-state index contributed by atoms with van der Waals surface area (Å²) in [5.74, 6) is 0.360. The van der Waals surface area contributed by atoms with Gasteiger partial charge in [-0.25, -0.2) is 0 Å². The molecule has 6 rings (SSSR count). The Bertz CT molecular complexity index is 1380. The molecule has 2 N–H and O–H groups in total. The predicted octanol–water partition coefficient (Wildman–Crippen LogP) is 6.38. The van der Waals surface area contributed by atoms with E-state index in [2.05, 4.69) is 90.3 Å². The van der Waals surface area contributed by atoms with E-state index in [4.69, 9.17) is 5.41 Å². The molecule has 0 saturated heterocycles. The Kier molecular flexibility index (Phi) is 3.59. The normalized spacial score (nSPS) is 12.7. The molecular formula is C27H21N3. The first-order chi connectivity index (χ1) is 14.7. The molecule has 2 aliphatic carbocycles. The molecule has 0 saturated carbocycles. The molecule has 2 aliphatic rings. The van der Waals surface area contributed by atoms with E-state index in [1.165, 1.54) is 44.2 Å². The highest BCUT2D eigenvalue weighted by Crippen LogP contribution is 2.39. The van der Waals surface area contributed by atoms with Crippen molar-refractivity contribution in [3.05, 3.63) is 95.1 Å². The monoisotopic (exact) mass is 387 g/mol. The number of guanidine groups is 1. The van der Waals surface area contributed by atoms with E-state index in [1.807, 2.05) is 11.9 Å². The first kappa shape index (κ1) is 17.0. The van der Waals surface area contributed by atoms with E-state index in [0.29, 0.717) is 5.96 Å². The molecule has 4 aromatic rings. The molecule has 0 heterocycles. The van der Waals surface area contributed by atoms with E-state index >= 15 is 0 Å². The quantitative estimate of drug-likeness (QED) is 0.267. The Balaban J connectivity index is 1.29. The fourth-order valence-electron chi connectivity index (χ4n) is 4.76. The lowest BCUT2D eigenvalue weighted by atomic mass is 10.0. The molecule has 0 fully saturated rings. The van der Waals surface area contributed by atoms with Crippen molar-refractivity contribution in [2.75, 3.05) is 17.3 Å². The van der Waals surface area contributed by atoms with Crippen LogP contribution in [0.25, 0.3) is 34.1 Å². The number of nitrogens with zero attached hydrogens (tertiary/aromatic N) is 1. The zero-order chi connectivity index (χ0) is 20.2. The van der Waals surface area contributed by atoms with Gasteiger partial charge in [-0.2, -0.15) is 0 Å². The number of anilines is 2. The molecule has 0 amide bonds. The summed E-state index contributed by atoms with van der Waals surface area (Å²) in [7, 11) is 1.95. The molecule has 3 heteroatoms. The van der Waals surface area contributed by atoms with Gasteiger partial charge in [-0.05, 0) is 63.2 Å². The summed E-state index contributed by atoms with van der Waals surface area (Å²) in [6.07, 6.45) is 5.26. The maximum atomic E-state index is 8.68. The van der Waals surface area contributed by atoms with Gasteiger partial charge in [-0.1, -0.05) is 66.7 Å². The summed E-state index contributed by atoms with van der Waals surface area (Å²) in [6.45, 7) is 0. The van der Waals surface area contributed by atoms with Gasteiger partial charge >= 0.3 is 0 Å². The molecule has 4 aromatic carbocycles. The van der Waals surface area contributed by atoms with Crippen molar-refractivity contribution in [2.24, 2.45) is 0 Å². The fourth-order valence-corrected chi connectivity index (χ4v) is 4.76. The lowest BCUT2D eigenvalue weighted by Crippen LogP contribution is -2.32. The summed E-state index contributed by atoms with van der Waals surface area (Å²) < 4.78 is 0. The topological polar surface area (TPSA) is 39.1 Å². The summed E-state index contributed by atoms with van der Waals surface area (Å²) in [5.41, 5.74) is 9.73. The van der Waals surface area contributed by atoms with Crippen molar-refractivity contribution >= 4 is 40.3 Å². The molecule has 144 valence electrons. The maximum absolute atomic E-state index is 8.68. The second-order valence-electron chi connectivity index (χ2n) is 8.02. The highest BCUT2D eigenvalue weighted by Gasteiger charge is 2.20. The van der Waals surface area contributed by atoms with Crippen LogP contribution < -0.4 is 10.2 Å². The third-order valence-electron chi connectivity index (χ3n) is 6.28. The standard InChI is InChI=1S/C27H21N3/c1-30(25-14-10-18-7-4-6-17-9-12-24(25)26(17)18)27(28)29-21-11-13-23-20(16-21)15-19-5-2-3-8-22(19)23/h2-14,16H,15H2,1H3,(H2,28,29). The van der Waals surface area contributed by atoms with Crippen molar-refractivity contribution in [3.8, 4) is 11.1 Å². The van der Waals surface area contributed by atoms with Crippen LogP contribution in [0.2, 0.25) is 0 Å². The zero-order valence-corrected chi connectivity index (χ0v) is 16.7. The van der Waals surface area contributed by atoms with E-state index in [1.54, 1.807) is 0 Å². The molecule has 0 spiro atoms. The van der Waals surface area contributed by atoms with Crippen LogP contribution in [0.15, 0.2) is 72.8 Å². The van der Waals surface area contributed by atoms with Crippen LogP contribution in [0.1, 0.15) is 22.3 Å². The van der Waals surface area contributed by atoms with Crippen molar-refractivity contribution in [1.29, 1.82) is 5.41 Å². The minimum absolute atomic E-state index is 0.360. The predicted molar refractivity (Wildman–Crippen MR) is 127 cm³/mol. The lowest BCUT2D eigenvalue weighted by molar-refractivity contribution is 1.21. The summed E-state index contributed by atoms with van der Waals surface area (Å²) in [5, 5.41) is 14.5. The number of hydrogen-bond acceptors (Lipinski definition) is 1. The fraction of sp³-hybridized carbons (Fsp3) is 0.0741. The SMILES string of the molecule is CN(C(=N)Nc1ccc2c(c1)Cc1ccccc1-2)c1ccc2cccc3c2c1C=C3. The Labute approximate surface area is 175 Å². The van der Waals surface area contributed by atoms with Crippen molar-refractivity contribution in [2.45, 2.75) is 6.42 Å². The molecular weight excluding hydrogens is 366 g/mol. The van der Waals surface area contributed by atoms with Gasteiger partial charge in [-0.15, -0.1) is 0 Å². The smallest absolute Gasteiger partial charge is 0.199 e. The number of nitrogens with one attached hydrogen (secondary N) is 2. The first-order valence-electron chi connectivity index (χ1n) is 10.2. The minimum atomic E-state index is 0.360. The second-order valence-corrected chi connectivity index (χ2v) is 8.02. The highest BCUT2D eigenvalue weighted by molar-refractivity contribution is 6.12. The van der Waals surface area contributed by atoms with E-state index in [0.717, 1.165) is 17.8 Å². The van der Waals surface area contributed by atoms with Crippen LogP contribution in [-0.4, -0.2) is 13.0 Å². The number of hydrogen-bond donors (Lipinski definition) is 2. The highest BCUT2D eigenvalue weighted by atomic mass is 15.3. The van der Waals surface area contributed by atoms with Crippen molar-refractivity contribution < 1.29 is 0 Å². The van der Waals surface area contributed by atoms with Crippen LogP contribution in [0.3, 0.4) is 0 Å². The summed E-state index contributed by atoms with van der Waals surface area (Å²) >= 11 is 0. The van der Waals surface area contributed by atoms with Gasteiger partial charge in [0.15, 0.2) is 5.96 Å². The second kappa shape index (κ2) is 6.33. The van der Waals surface area contributed by atoms with Crippen LogP contribution >= 0.6 is 0 Å². The molecule has 0 radical (unpaired) electrons. The Morgan fingerprint density at radius 3 is 2.67 bits per heavy atom. The van der Waals surface area contributed by atoms with Crippen molar-refractivity contribution in [1.82, 2.24) is 0 Å². The number of rotatable bonds is 2. The van der Waals surface area contributed by atoms with E-state index in [9.17, 15) is 0 Å². The molecule has 0 aliphatic heterocycles. The zero-order valence-electron chi connectivity index (χ0n) is 16.7. The third-order valence-corrected chi connectivity index (χ3v) is 6.28.